The first-order chi connectivity index (χ1) is 7.06. The van der Waals surface area contributed by atoms with E-state index in [1.807, 2.05) is 19.9 Å². The molecule has 1 aromatic carbocycles. The minimum atomic E-state index is 0.274. The van der Waals surface area contributed by atoms with Crippen molar-refractivity contribution in [3.8, 4) is 5.75 Å². The Morgan fingerprint density at radius 2 is 2.07 bits per heavy atom. The van der Waals surface area contributed by atoms with Gasteiger partial charge in [-0.05, 0) is 37.5 Å². The fraction of sp³-hybridized carbons (Fsp3) is 0.500. The molecule has 3 heteroatoms. The molecule has 0 heterocycles. The molecule has 0 bridgehead atoms. The molecule has 2 rings (SSSR count). The molecule has 2 N–H and O–H groups in total. The van der Waals surface area contributed by atoms with Gasteiger partial charge in [0.15, 0.2) is 0 Å². The van der Waals surface area contributed by atoms with E-state index < -0.39 is 0 Å². The number of nitrogens with two attached hydrogens (primary N) is 1. The van der Waals surface area contributed by atoms with Crippen molar-refractivity contribution in [1.82, 2.24) is 0 Å². The van der Waals surface area contributed by atoms with Crippen LogP contribution in [-0.2, 0) is 0 Å². The number of hydrogen-bond acceptors (Lipinski definition) is 2. The van der Waals surface area contributed by atoms with E-state index in [9.17, 15) is 0 Å². The van der Waals surface area contributed by atoms with Gasteiger partial charge in [-0.25, -0.2) is 0 Å². The fourth-order valence-corrected chi connectivity index (χ4v) is 2.27. The molecule has 82 valence electrons. The van der Waals surface area contributed by atoms with Crippen LogP contribution in [0.15, 0.2) is 6.07 Å². The summed E-state index contributed by atoms with van der Waals surface area (Å²) in [7, 11) is 1.69. The summed E-state index contributed by atoms with van der Waals surface area (Å²) < 4.78 is 5.40. The van der Waals surface area contributed by atoms with Gasteiger partial charge in [-0.3, -0.25) is 0 Å². The lowest BCUT2D eigenvalue weighted by Crippen LogP contribution is -2.04. The Balaban J connectivity index is 2.55. The van der Waals surface area contributed by atoms with Gasteiger partial charge in [0.25, 0.3) is 0 Å². The number of hydrogen-bond donors (Lipinski definition) is 1. The van der Waals surface area contributed by atoms with E-state index in [1.54, 1.807) is 7.11 Å². The highest BCUT2D eigenvalue weighted by atomic mass is 35.5. The van der Waals surface area contributed by atoms with E-state index in [4.69, 9.17) is 22.1 Å². The maximum Gasteiger partial charge on any atom is 0.123 e. The van der Waals surface area contributed by atoms with Crippen molar-refractivity contribution < 1.29 is 4.74 Å². The second-order valence-electron chi connectivity index (χ2n) is 4.25. The second-order valence-corrected chi connectivity index (χ2v) is 4.63. The summed E-state index contributed by atoms with van der Waals surface area (Å²) >= 11 is 6.23. The van der Waals surface area contributed by atoms with Gasteiger partial charge in [0, 0.05) is 22.5 Å². The van der Waals surface area contributed by atoms with Crippen molar-refractivity contribution in [3.05, 3.63) is 27.8 Å². The van der Waals surface area contributed by atoms with Crippen molar-refractivity contribution in [2.24, 2.45) is 5.73 Å². The number of benzene rings is 1. The molecule has 1 aliphatic carbocycles. The zero-order chi connectivity index (χ0) is 11.2. The van der Waals surface area contributed by atoms with Crippen LogP contribution in [0.5, 0.6) is 5.75 Å². The van der Waals surface area contributed by atoms with Crippen LogP contribution in [0.25, 0.3) is 0 Å². The molecule has 1 aromatic rings. The van der Waals surface area contributed by atoms with Crippen LogP contribution in [0, 0.1) is 13.8 Å². The molecule has 0 aliphatic heterocycles. The zero-order valence-corrected chi connectivity index (χ0v) is 10.1. The molecule has 0 amide bonds. The fourth-order valence-electron chi connectivity index (χ4n) is 2.11. The molecular formula is C12H16ClNO. The van der Waals surface area contributed by atoms with E-state index in [1.165, 1.54) is 5.56 Å². The maximum atomic E-state index is 6.23. The number of aryl methyl sites for hydroxylation is 1. The van der Waals surface area contributed by atoms with Crippen LogP contribution in [0.3, 0.4) is 0 Å². The molecule has 2 nitrogen and oxygen atoms in total. The molecule has 1 saturated carbocycles. The number of halogens is 1. The summed E-state index contributed by atoms with van der Waals surface area (Å²) in [6, 6.07) is 2.27. The van der Waals surface area contributed by atoms with Crippen LogP contribution in [0.2, 0.25) is 5.02 Å². The molecule has 1 fully saturated rings. The predicted molar refractivity (Wildman–Crippen MR) is 62.8 cm³/mol. The molecule has 0 saturated heterocycles. The molecule has 2 unspecified atom stereocenters. The second kappa shape index (κ2) is 3.69. The molecule has 0 aromatic heterocycles. The Labute approximate surface area is 95.4 Å². The van der Waals surface area contributed by atoms with Gasteiger partial charge in [0.1, 0.15) is 5.75 Å². The van der Waals surface area contributed by atoms with Crippen molar-refractivity contribution in [2.75, 3.05) is 7.11 Å². The van der Waals surface area contributed by atoms with Crippen LogP contribution in [0.1, 0.15) is 29.0 Å². The minimum absolute atomic E-state index is 0.274. The average molecular weight is 226 g/mol. The lowest BCUT2D eigenvalue weighted by Gasteiger charge is -2.14. The highest BCUT2D eigenvalue weighted by Gasteiger charge is 2.38. The van der Waals surface area contributed by atoms with E-state index in [-0.39, 0.29) is 6.04 Å². The quantitative estimate of drug-likeness (QED) is 0.840. The van der Waals surface area contributed by atoms with Gasteiger partial charge in [-0.15, -0.1) is 0 Å². The van der Waals surface area contributed by atoms with Crippen LogP contribution in [-0.4, -0.2) is 13.2 Å². The normalized spacial score (nSPS) is 24.1. The Morgan fingerprint density at radius 3 is 2.53 bits per heavy atom. The molecule has 0 radical (unpaired) electrons. The monoisotopic (exact) mass is 225 g/mol. The smallest absolute Gasteiger partial charge is 0.123 e. The maximum absolute atomic E-state index is 6.23. The van der Waals surface area contributed by atoms with Crippen LogP contribution in [0.4, 0.5) is 0 Å². The third-order valence-electron chi connectivity index (χ3n) is 3.12. The van der Waals surface area contributed by atoms with Crippen molar-refractivity contribution in [3.63, 3.8) is 0 Å². The molecule has 2 atom stereocenters. The van der Waals surface area contributed by atoms with Gasteiger partial charge in [0.05, 0.1) is 7.11 Å². The lowest BCUT2D eigenvalue weighted by atomic mass is 10.00. The first kappa shape index (κ1) is 10.8. The van der Waals surface area contributed by atoms with E-state index >= 15 is 0 Å². The summed E-state index contributed by atoms with van der Waals surface area (Å²) in [5, 5.41) is 0.838. The molecule has 1 aliphatic rings. The summed E-state index contributed by atoms with van der Waals surface area (Å²) in [4.78, 5) is 0. The van der Waals surface area contributed by atoms with Crippen molar-refractivity contribution in [2.45, 2.75) is 32.2 Å². The summed E-state index contributed by atoms with van der Waals surface area (Å²) in [6.45, 7) is 4.03. The van der Waals surface area contributed by atoms with E-state index in [0.717, 1.165) is 28.3 Å². The summed E-state index contributed by atoms with van der Waals surface area (Å²) in [5.74, 6) is 1.35. The zero-order valence-electron chi connectivity index (χ0n) is 9.30. The Hall–Kier alpha value is -0.730. The SMILES string of the molecule is COc1cc(C)c(Cl)c(C)c1C1CC1N. The largest absolute Gasteiger partial charge is 0.496 e. The number of methoxy groups -OCH3 is 1. The molecule has 15 heavy (non-hydrogen) atoms. The molecule has 0 spiro atoms. The third-order valence-corrected chi connectivity index (χ3v) is 3.70. The highest BCUT2D eigenvalue weighted by molar-refractivity contribution is 6.32. The summed E-state index contributed by atoms with van der Waals surface area (Å²) in [6.07, 6.45) is 1.04. The van der Waals surface area contributed by atoms with E-state index in [2.05, 4.69) is 0 Å². The first-order valence-electron chi connectivity index (χ1n) is 5.15. The summed E-state index contributed by atoms with van der Waals surface area (Å²) in [5.41, 5.74) is 9.25. The predicted octanol–water partition coefficient (Wildman–Crippen LogP) is 2.78. The van der Waals surface area contributed by atoms with Gasteiger partial charge in [-0.2, -0.15) is 0 Å². The third kappa shape index (κ3) is 1.72. The highest BCUT2D eigenvalue weighted by Crippen LogP contribution is 2.47. The minimum Gasteiger partial charge on any atom is -0.496 e. The standard InChI is InChI=1S/C12H16ClNO/c1-6-4-10(15-3)11(7(2)12(6)13)8-5-9(8)14/h4,8-9H,5,14H2,1-3H3. The van der Waals surface area contributed by atoms with Crippen LogP contribution < -0.4 is 10.5 Å². The average Bonchev–Trinajstić information content (AvgIpc) is 2.91. The van der Waals surface area contributed by atoms with Crippen LogP contribution >= 0.6 is 11.6 Å². The Bertz CT molecular complexity index is 403. The Kier molecular flexibility index (Phi) is 2.65. The molecular weight excluding hydrogens is 210 g/mol. The van der Waals surface area contributed by atoms with Gasteiger partial charge in [-0.1, -0.05) is 11.6 Å². The van der Waals surface area contributed by atoms with Gasteiger partial charge < -0.3 is 10.5 Å². The van der Waals surface area contributed by atoms with Crippen molar-refractivity contribution >= 4 is 11.6 Å². The van der Waals surface area contributed by atoms with Gasteiger partial charge in [0.2, 0.25) is 0 Å². The lowest BCUT2D eigenvalue weighted by molar-refractivity contribution is 0.408. The number of rotatable bonds is 2. The Morgan fingerprint density at radius 1 is 1.47 bits per heavy atom. The van der Waals surface area contributed by atoms with E-state index in [0.29, 0.717) is 5.92 Å². The topological polar surface area (TPSA) is 35.2 Å². The number of ether oxygens (including phenoxy) is 1. The first-order valence-corrected chi connectivity index (χ1v) is 5.53. The van der Waals surface area contributed by atoms with Gasteiger partial charge >= 0.3 is 0 Å². The van der Waals surface area contributed by atoms with Crippen molar-refractivity contribution in [1.29, 1.82) is 0 Å².